The third-order valence-electron chi connectivity index (χ3n) is 7.21. The molecule has 4 aromatic carbocycles. The number of aromatic nitrogens is 2. The van der Waals surface area contributed by atoms with Crippen molar-refractivity contribution < 1.29 is 0 Å². The van der Waals surface area contributed by atoms with Crippen molar-refractivity contribution in [1.29, 1.82) is 0 Å². The molecule has 0 unspecified atom stereocenters. The van der Waals surface area contributed by atoms with E-state index in [2.05, 4.69) is 107 Å². The molecule has 0 saturated heterocycles. The van der Waals surface area contributed by atoms with Crippen LogP contribution in [0.15, 0.2) is 79.1 Å². The molecule has 6 rings (SSSR count). The molecule has 5 aromatic rings. The molecule has 1 heterocycles. The molecule has 1 aromatic heterocycles. The Balaban J connectivity index is 1.70. The predicted molar refractivity (Wildman–Crippen MR) is 139 cm³/mol. The lowest BCUT2D eigenvalue weighted by atomic mass is 9.81. The fraction of sp³-hybridized carbons (Fsp3) is 0.226. The van der Waals surface area contributed by atoms with Crippen LogP contribution in [0.3, 0.4) is 0 Å². The van der Waals surface area contributed by atoms with Crippen molar-refractivity contribution in [3.63, 3.8) is 0 Å². The molecular formula is C31H28N2. The zero-order valence-electron chi connectivity index (χ0n) is 19.9. The first-order chi connectivity index (χ1) is 15.8. The van der Waals surface area contributed by atoms with E-state index in [4.69, 9.17) is 9.97 Å². The molecule has 0 bridgehead atoms. The van der Waals surface area contributed by atoms with Gasteiger partial charge >= 0.3 is 0 Å². The summed E-state index contributed by atoms with van der Waals surface area (Å²) in [7, 11) is 0. The van der Waals surface area contributed by atoms with Crippen LogP contribution in [-0.2, 0) is 10.8 Å². The van der Waals surface area contributed by atoms with E-state index in [-0.39, 0.29) is 10.8 Å². The van der Waals surface area contributed by atoms with Gasteiger partial charge in [-0.15, -0.1) is 0 Å². The SMILES string of the molecule is CC(C)(C)c1cc(-c2ncnc3c2-c2ccc4ccccc4c2C3(C)C)cc2ccccc12. The number of hydrogen-bond donors (Lipinski definition) is 0. The molecule has 0 atom stereocenters. The lowest BCUT2D eigenvalue weighted by Crippen LogP contribution is -2.17. The highest BCUT2D eigenvalue weighted by Crippen LogP contribution is 2.53. The Morgan fingerprint density at radius 2 is 1.42 bits per heavy atom. The van der Waals surface area contributed by atoms with Gasteiger partial charge in [-0.05, 0) is 55.8 Å². The summed E-state index contributed by atoms with van der Waals surface area (Å²) in [5, 5.41) is 5.14. The van der Waals surface area contributed by atoms with Crippen molar-refractivity contribution in [3.8, 4) is 22.4 Å². The molecule has 0 aliphatic heterocycles. The van der Waals surface area contributed by atoms with Gasteiger partial charge in [0.1, 0.15) is 6.33 Å². The smallest absolute Gasteiger partial charge is 0.116 e. The van der Waals surface area contributed by atoms with Gasteiger partial charge in [-0.2, -0.15) is 0 Å². The minimum atomic E-state index is -0.188. The molecule has 0 saturated carbocycles. The Bertz CT molecular complexity index is 1570. The molecule has 0 radical (unpaired) electrons. The van der Waals surface area contributed by atoms with Gasteiger partial charge in [0.15, 0.2) is 0 Å². The van der Waals surface area contributed by atoms with Crippen molar-refractivity contribution in [2.45, 2.75) is 45.4 Å². The van der Waals surface area contributed by atoms with Crippen molar-refractivity contribution in [3.05, 3.63) is 95.9 Å². The number of hydrogen-bond acceptors (Lipinski definition) is 2. The minimum Gasteiger partial charge on any atom is -0.240 e. The molecule has 2 nitrogen and oxygen atoms in total. The van der Waals surface area contributed by atoms with Crippen LogP contribution in [0.1, 0.15) is 51.4 Å². The van der Waals surface area contributed by atoms with Crippen LogP contribution in [0.25, 0.3) is 43.9 Å². The highest BCUT2D eigenvalue weighted by atomic mass is 14.9. The first-order valence-electron chi connectivity index (χ1n) is 11.7. The van der Waals surface area contributed by atoms with E-state index in [1.165, 1.54) is 43.8 Å². The van der Waals surface area contributed by atoms with Crippen molar-refractivity contribution >= 4 is 21.5 Å². The third kappa shape index (κ3) is 2.87. The van der Waals surface area contributed by atoms with Crippen LogP contribution in [0, 0.1) is 0 Å². The van der Waals surface area contributed by atoms with E-state index < -0.39 is 0 Å². The van der Waals surface area contributed by atoms with Gasteiger partial charge in [-0.25, -0.2) is 9.97 Å². The second-order valence-corrected chi connectivity index (χ2v) is 10.8. The average molecular weight is 429 g/mol. The lowest BCUT2D eigenvalue weighted by molar-refractivity contribution is 0.596. The fourth-order valence-electron chi connectivity index (χ4n) is 5.67. The molecule has 1 aliphatic carbocycles. The summed E-state index contributed by atoms with van der Waals surface area (Å²) in [6, 6.07) is 26.5. The summed E-state index contributed by atoms with van der Waals surface area (Å²) < 4.78 is 0. The molecule has 2 heteroatoms. The topological polar surface area (TPSA) is 25.8 Å². The van der Waals surface area contributed by atoms with Crippen molar-refractivity contribution in [2.24, 2.45) is 0 Å². The standard InChI is InChI=1S/C31H28N2/c1-30(2,3)25-17-21(16-20-11-7-8-12-22(20)25)28-26-24-15-14-19-10-6-9-13-23(19)27(24)31(4,5)29(26)33-18-32-28/h6-18H,1-5H3. The number of benzene rings is 4. The van der Waals surface area contributed by atoms with Crippen molar-refractivity contribution in [1.82, 2.24) is 9.97 Å². The summed E-state index contributed by atoms with van der Waals surface area (Å²) in [5.41, 5.74) is 8.28. The average Bonchev–Trinajstić information content (AvgIpc) is 3.05. The van der Waals surface area contributed by atoms with Gasteiger partial charge < -0.3 is 0 Å². The van der Waals surface area contributed by atoms with Gasteiger partial charge in [-0.3, -0.25) is 0 Å². The van der Waals surface area contributed by atoms with E-state index >= 15 is 0 Å². The lowest BCUT2D eigenvalue weighted by Gasteiger charge is -2.23. The van der Waals surface area contributed by atoms with Crippen LogP contribution in [0.4, 0.5) is 0 Å². The monoisotopic (exact) mass is 428 g/mol. The Morgan fingerprint density at radius 3 is 2.18 bits per heavy atom. The Morgan fingerprint density at radius 1 is 0.727 bits per heavy atom. The van der Waals surface area contributed by atoms with E-state index in [1.54, 1.807) is 6.33 Å². The second-order valence-electron chi connectivity index (χ2n) is 10.8. The van der Waals surface area contributed by atoms with Gasteiger partial charge in [0.05, 0.1) is 11.4 Å². The largest absolute Gasteiger partial charge is 0.240 e. The second kappa shape index (κ2) is 6.74. The van der Waals surface area contributed by atoms with Crippen LogP contribution >= 0.6 is 0 Å². The van der Waals surface area contributed by atoms with E-state index in [1.807, 2.05) is 0 Å². The maximum Gasteiger partial charge on any atom is 0.116 e. The fourth-order valence-corrected chi connectivity index (χ4v) is 5.67. The van der Waals surface area contributed by atoms with Crippen LogP contribution in [0.5, 0.6) is 0 Å². The first-order valence-corrected chi connectivity index (χ1v) is 11.7. The van der Waals surface area contributed by atoms with Crippen molar-refractivity contribution in [2.75, 3.05) is 0 Å². The summed E-state index contributed by atoms with van der Waals surface area (Å²) in [5.74, 6) is 0. The van der Waals surface area contributed by atoms with Gasteiger partial charge in [0, 0.05) is 16.5 Å². The molecule has 1 aliphatic rings. The first kappa shape index (κ1) is 20.1. The van der Waals surface area contributed by atoms with E-state index in [0.717, 1.165) is 17.0 Å². The number of rotatable bonds is 1. The Hall–Kier alpha value is -3.52. The molecule has 0 spiro atoms. The Labute approximate surface area is 195 Å². The molecule has 0 amide bonds. The summed E-state index contributed by atoms with van der Waals surface area (Å²) in [6.45, 7) is 11.4. The highest BCUT2D eigenvalue weighted by Gasteiger charge is 2.40. The maximum absolute atomic E-state index is 4.88. The van der Waals surface area contributed by atoms with Gasteiger partial charge in [-0.1, -0.05) is 95.3 Å². The molecule has 0 fully saturated rings. The summed E-state index contributed by atoms with van der Waals surface area (Å²) in [6.07, 6.45) is 1.75. The quantitative estimate of drug-likeness (QED) is 0.270. The molecule has 33 heavy (non-hydrogen) atoms. The molecule has 0 N–H and O–H groups in total. The van der Waals surface area contributed by atoms with E-state index in [0.29, 0.717) is 0 Å². The van der Waals surface area contributed by atoms with Gasteiger partial charge in [0.2, 0.25) is 0 Å². The molecular weight excluding hydrogens is 400 g/mol. The summed E-state index contributed by atoms with van der Waals surface area (Å²) in [4.78, 5) is 9.73. The van der Waals surface area contributed by atoms with Crippen LogP contribution in [-0.4, -0.2) is 9.97 Å². The zero-order chi connectivity index (χ0) is 23.0. The minimum absolute atomic E-state index is 0.0270. The van der Waals surface area contributed by atoms with Crippen LogP contribution < -0.4 is 0 Å². The summed E-state index contributed by atoms with van der Waals surface area (Å²) >= 11 is 0. The number of nitrogens with zero attached hydrogens (tertiary/aromatic N) is 2. The Kier molecular flexibility index (Phi) is 4.11. The maximum atomic E-state index is 4.88. The highest BCUT2D eigenvalue weighted by molar-refractivity contribution is 6.01. The third-order valence-corrected chi connectivity index (χ3v) is 7.21. The van der Waals surface area contributed by atoms with Crippen LogP contribution in [0.2, 0.25) is 0 Å². The molecule has 162 valence electrons. The normalized spacial score (nSPS) is 14.5. The predicted octanol–water partition coefficient (Wildman–Crippen LogP) is 8.05. The number of fused-ring (bicyclic) bond motifs is 6. The zero-order valence-corrected chi connectivity index (χ0v) is 19.9. The van der Waals surface area contributed by atoms with Gasteiger partial charge in [0.25, 0.3) is 0 Å². The van der Waals surface area contributed by atoms with E-state index in [9.17, 15) is 0 Å².